The third-order valence-corrected chi connectivity index (χ3v) is 3.08. The van der Waals surface area contributed by atoms with Gasteiger partial charge in [-0.25, -0.2) is 5.84 Å². The molecular formula is C11H24N4. The number of nitrogens with two attached hydrogens (primary N) is 2. The van der Waals surface area contributed by atoms with E-state index in [0.717, 1.165) is 31.6 Å². The van der Waals surface area contributed by atoms with Crippen molar-refractivity contribution in [3.05, 3.63) is 11.9 Å². The van der Waals surface area contributed by atoms with E-state index in [9.17, 15) is 0 Å². The van der Waals surface area contributed by atoms with Crippen LogP contribution in [0.1, 0.15) is 26.7 Å². The lowest BCUT2D eigenvalue weighted by molar-refractivity contribution is 0.160. The van der Waals surface area contributed by atoms with Crippen LogP contribution >= 0.6 is 0 Å². The van der Waals surface area contributed by atoms with Crippen LogP contribution < -0.4 is 11.6 Å². The molecule has 15 heavy (non-hydrogen) atoms. The normalized spacial score (nSPS) is 21.0. The van der Waals surface area contributed by atoms with Crippen molar-refractivity contribution >= 4 is 0 Å². The highest BCUT2D eigenvalue weighted by atomic mass is 15.4. The van der Waals surface area contributed by atoms with E-state index in [2.05, 4.69) is 18.7 Å². The van der Waals surface area contributed by atoms with Gasteiger partial charge in [0, 0.05) is 30.9 Å². The lowest BCUT2D eigenvalue weighted by Gasteiger charge is -2.34. The van der Waals surface area contributed by atoms with Gasteiger partial charge in [0.15, 0.2) is 0 Å². The first-order valence-corrected chi connectivity index (χ1v) is 5.69. The smallest absolute Gasteiger partial charge is 0.0342 e. The molecule has 4 heteroatoms. The Bertz CT molecular complexity index is 215. The standard InChI is InChI=1S/C11H24N4/c1-9(2)15-6-4-10(5-7-15)11(12)8-14(3)13/h8-10H,4-7,12-13H2,1-3H3/b11-8-. The van der Waals surface area contributed by atoms with Gasteiger partial charge in [0.05, 0.1) is 0 Å². The molecule has 0 radical (unpaired) electrons. The third kappa shape index (κ3) is 3.72. The molecule has 0 atom stereocenters. The molecule has 1 aliphatic rings. The molecule has 0 unspecified atom stereocenters. The van der Waals surface area contributed by atoms with Crippen molar-refractivity contribution in [2.45, 2.75) is 32.7 Å². The zero-order valence-corrected chi connectivity index (χ0v) is 10.1. The molecule has 1 rings (SSSR count). The number of piperidine rings is 1. The van der Waals surface area contributed by atoms with E-state index in [0.29, 0.717) is 12.0 Å². The number of rotatable bonds is 3. The van der Waals surface area contributed by atoms with Crippen LogP contribution in [-0.4, -0.2) is 36.1 Å². The maximum absolute atomic E-state index is 5.99. The summed E-state index contributed by atoms with van der Waals surface area (Å²) in [6.07, 6.45) is 4.12. The second-order valence-electron chi connectivity index (χ2n) is 4.70. The molecule has 4 N–H and O–H groups in total. The van der Waals surface area contributed by atoms with Crippen LogP contribution in [0.3, 0.4) is 0 Å². The Balaban J connectivity index is 2.43. The lowest BCUT2D eigenvalue weighted by atomic mass is 9.93. The van der Waals surface area contributed by atoms with Crippen molar-refractivity contribution in [1.29, 1.82) is 0 Å². The number of hydrogen-bond acceptors (Lipinski definition) is 4. The van der Waals surface area contributed by atoms with Crippen LogP contribution in [0.5, 0.6) is 0 Å². The molecule has 0 aromatic heterocycles. The largest absolute Gasteiger partial charge is 0.401 e. The molecule has 1 aliphatic heterocycles. The van der Waals surface area contributed by atoms with Crippen LogP contribution in [0, 0.1) is 5.92 Å². The summed E-state index contributed by atoms with van der Waals surface area (Å²) in [4.78, 5) is 2.50. The van der Waals surface area contributed by atoms with Gasteiger partial charge in [-0.15, -0.1) is 0 Å². The fraction of sp³-hybridized carbons (Fsp3) is 0.818. The molecule has 0 aliphatic carbocycles. The number of nitrogens with zero attached hydrogens (tertiary/aromatic N) is 2. The van der Waals surface area contributed by atoms with Gasteiger partial charge in [0.25, 0.3) is 0 Å². The van der Waals surface area contributed by atoms with Crippen LogP contribution in [0.15, 0.2) is 11.9 Å². The molecule has 1 saturated heterocycles. The molecule has 0 aromatic carbocycles. The Kier molecular flexibility index (Phi) is 4.42. The van der Waals surface area contributed by atoms with E-state index in [1.165, 1.54) is 5.01 Å². The summed E-state index contributed by atoms with van der Waals surface area (Å²) < 4.78 is 0. The first kappa shape index (κ1) is 12.3. The first-order valence-electron chi connectivity index (χ1n) is 5.69. The fourth-order valence-corrected chi connectivity index (χ4v) is 2.09. The van der Waals surface area contributed by atoms with Gasteiger partial charge in [-0.3, -0.25) is 0 Å². The highest BCUT2D eigenvalue weighted by Crippen LogP contribution is 2.22. The number of likely N-dealkylation sites (tertiary alicyclic amines) is 1. The lowest BCUT2D eigenvalue weighted by Crippen LogP contribution is -2.39. The van der Waals surface area contributed by atoms with E-state index in [1.807, 2.05) is 6.20 Å². The molecular weight excluding hydrogens is 188 g/mol. The summed E-state index contributed by atoms with van der Waals surface area (Å²) in [6.45, 7) is 6.77. The number of allylic oxidation sites excluding steroid dienone is 1. The van der Waals surface area contributed by atoms with Gasteiger partial charge in [0.2, 0.25) is 0 Å². The zero-order valence-electron chi connectivity index (χ0n) is 10.1. The van der Waals surface area contributed by atoms with Crippen LogP contribution in [-0.2, 0) is 0 Å². The average molecular weight is 212 g/mol. The highest BCUT2D eigenvalue weighted by Gasteiger charge is 2.22. The van der Waals surface area contributed by atoms with Gasteiger partial charge in [-0.05, 0) is 39.8 Å². The third-order valence-electron chi connectivity index (χ3n) is 3.08. The average Bonchev–Trinajstić information content (AvgIpc) is 2.17. The summed E-state index contributed by atoms with van der Waals surface area (Å²) >= 11 is 0. The topological polar surface area (TPSA) is 58.5 Å². The maximum atomic E-state index is 5.99. The SMILES string of the molecule is CC(C)N1CCC(/C(N)=C/N(C)N)CC1. The van der Waals surface area contributed by atoms with E-state index in [-0.39, 0.29) is 0 Å². The second kappa shape index (κ2) is 5.37. The molecule has 4 nitrogen and oxygen atoms in total. The van der Waals surface area contributed by atoms with E-state index in [4.69, 9.17) is 11.6 Å². The van der Waals surface area contributed by atoms with Crippen molar-refractivity contribution in [3.63, 3.8) is 0 Å². The summed E-state index contributed by atoms with van der Waals surface area (Å²) in [5.74, 6) is 6.05. The van der Waals surface area contributed by atoms with Crippen molar-refractivity contribution in [2.75, 3.05) is 20.1 Å². The number of hydrogen-bond donors (Lipinski definition) is 2. The maximum Gasteiger partial charge on any atom is 0.0342 e. The Hall–Kier alpha value is -0.740. The minimum absolute atomic E-state index is 0.506. The van der Waals surface area contributed by atoms with E-state index >= 15 is 0 Å². The monoisotopic (exact) mass is 212 g/mol. The molecule has 0 saturated carbocycles. The highest BCUT2D eigenvalue weighted by molar-refractivity contribution is 5.02. The minimum atomic E-state index is 0.506. The Morgan fingerprint density at radius 1 is 1.40 bits per heavy atom. The van der Waals surface area contributed by atoms with Crippen LogP contribution in [0.25, 0.3) is 0 Å². The zero-order chi connectivity index (χ0) is 11.4. The molecule has 0 bridgehead atoms. The van der Waals surface area contributed by atoms with Gasteiger partial charge < -0.3 is 15.6 Å². The van der Waals surface area contributed by atoms with Crippen molar-refractivity contribution in [1.82, 2.24) is 9.91 Å². The summed E-state index contributed by atoms with van der Waals surface area (Å²) in [6, 6.07) is 0.647. The molecule has 0 amide bonds. The predicted octanol–water partition coefficient (Wildman–Crippen LogP) is 0.712. The first-order chi connectivity index (χ1) is 7.00. The predicted molar refractivity (Wildman–Crippen MR) is 63.7 cm³/mol. The molecule has 0 aromatic rings. The quantitative estimate of drug-likeness (QED) is 0.534. The van der Waals surface area contributed by atoms with E-state index < -0.39 is 0 Å². The van der Waals surface area contributed by atoms with Crippen LogP contribution in [0.4, 0.5) is 0 Å². The van der Waals surface area contributed by atoms with Crippen molar-refractivity contribution in [3.8, 4) is 0 Å². The van der Waals surface area contributed by atoms with Gasteiger partial charge in [-0.1, -0.05) is 0 Å². The Labute approximate surface area is 92.9 Å². The van der Waals surface area contributed by atoms with Crippen molar-refractivity contribution in [2.24, 2.45) is 17.5 Å². The summed E-state index contributed by atoms with van der Waals surface area (Å²) in [7, 11) is 1.80. The molecule has 0 spiro atoms. The van der Waals surface area contributed by atoms with Crippen LogP contribution in [0.2, 0.25) is 0 Å². The molecule has 88 valence electrons. The van der Waals surface area contributed by atoms with Crippen molar-refractivity contribution < 1.29 is 0 Å². The molecule has 1 heterocycles. The fourth-order valence-electron chi connectivity index (χ4n) is 2.09. The second-order valence-corrected chi connectivity index (χ2v) is 4.70. The summed E-state index contributed by atoms with van der Waals surface area (Å²) in [5, 5.41) is 1.53. The summed E-state index contributed by atoms with van der Waals surface area (Å²) in [5.41, 5.74) is 6.91. The van der Waals surface area contributed by atoms with Gasteiger partial charge >= 0.3 is 0 Å². The minimum Gasteiger partial charge on any atom is -0.401 e. The van der Waals surface area contributed by atoms with Gasteiger partial charge in [0.1, 0.15) is 0 Å². The Morgan fingerprint density at radius 2 is 1.93 bits per heavy atom. The number of hydrazine groups is 1. The van der Waals surface area contributed by atoms with E-state index in [1.54, 1.807) is 7.05 Å². The molecule has 1 fully saturated rings. The Morgan fingerprint density at radius 3 is 2.33 bits per heavy atom. The van der Waals surface area contributed by atoms with Gasteiger partial charge in [-0.2, -0.15) is 0 Å².